The molecule has 2 aromatic rings. The largest absolute Gasteiger partial charge is 0.462 e. The molecule has 0 spiro atoms. The van der Waals surface area contributed by atoms with Gasteiger partial charge >= 0.3 is 12.1 Å². The molecule has 0 amide bonds. The Morgan fingerprint density at radius 1 is 1.43 bits per heavy atom. The number of esters is 1. The molecule has 0 N–H and O–H groups in total. The predicted octanol–water partition coefficient (Wildman–Crippen LogP) is 3.79. The van der Waals surface area contributed by atoms with E-state index in [0.717, 1.165) is 6.07 Å². The summed E-state index contributed by atoms with van der Waals surface area (Å²) in [6.07, 6.45) is -3.83. The molecule has 0 aliphatic rings. The molecule has 0 aliphatic heterocycles. The first-order valence-electron chi connectivity index (χ1n) is 5.96. The van der Waals surface area contributed by atoms with Crippen LogP contribution >= 0.6 is 11.6 Å². The lowest BCUT2D eigenvalue weighted by Gasteiger charge is -2.11. The molecule has 0 bridgehead atoms. The SMILES string of the molecule is CCOC(=O)c1c(Cl)nc2cc(C(F)(F)F)cnc2c1C. The molecular weight excluding hydrogens is 309 g/mol. The second kappa shape index (κ2) is 5.48. The monoisotopic (exact) mass is 318 g/mol. The summed E-state index contributed by atoms with van der Waals surface area (Å²) in [4.78, 5) is 19.4. The van der Waals surface area contributed by atoms with Crippen LogP contribution in [0.15, 0.2) is 12.3 Å². The molecular formula is C13H10ClF3N2O2. The molecule has 0 atom stereocenters. The van der Waals surface area contributed by atoms with Gasteiger partial charge in [-0.3, -0.25) is 4.98 Å². The zero-order chi connectivity index (χ0) is 15.8. The minimum Gasteiger partial charge on any atom is -0.462 e. The summed E-state index contributed by atoms with van der Waals surface area (Å²) in [5.41, 5.74) is -0.437. The number of alkyl halides is 3. The van der Waals surface area contributed by atoms with E-state index in [-0.39, 0.29) is 28.4 Å². The van der Waals surface area contributed by atoms with Gasteiger partial charge in [-0.15, -0.1) is 0 Å². The van der Waals surface area contributed by atoms with Crippen LogP contribution in [0.25, 0.3) is 11.0 Å². The van der Waals surface area contributed by atoms with Crippen molar-refractivity contribution in [1.82, 2.24) is 9.97 Å². The van der Waals surface area contributed by atoms with Crippen LogP contribution in [0.4, 0.5) is 13.2 Å². The zero-order valence-electron chi connectivity index (χ0n) is 11.1. The summed E-state index contributed by atoms with van der Waals surface area (Å²) >= 11 is 5.88. The normalized spacial score (nSPS) is 11.7. The lowest BCUT2D eigenvalue weighted by Crippen LogP contribution is -2.11. The summed E-state index contributed by atoms with van der Waals surface area (Å²) in [7, 11) is 0. The van der Waals surface area contributed by atoms with E-state index in [1.54, 1.807) is 6.92 Å². The molecule has 0 fully saturated rings. The highest BCUT2D eigenvalue weighted by atomic mass is 35.5. The maximum Gasteiger partial charge on any atom is 0.417 e. The van der Waals surface area contributed by atoms with Gasteiger partial charge in [0.1, 0.15) is 10.7 Å². The van der Waals surface area contributed by atoms with Crippen LogP contribution in [0.3, 0.4) is 0 Å². The number of ether oxygens (including phenoxy) is 1. The highest BCUT2D eigenvalue weighted by molar-refractivity contribution is 6.33. The van der Waals surface area contributed by atoms with Crippen LogP contribution in [0, 0.1) is 6.92 Å². The highest BCUT2D eigenvalue weighted by Gasteiger charge is 2.32. The molecule has 0 saturated heterocycles. The van der Waals surface area contributed by atoms with Gasteiger partial charge in [-0.1, -0.05) is 11.6 Å². The molecule has 0 unspecified atom stereocenters. The van der Waals surface area contributed by atoms with Crippen LogP contribution < -0.4 is 0 Å². The Labute approximate surface area is 122 Å². The van der Waals surface area contributed by atoms with E-state index in [2.05, 4.69) is 9.97 Å². The number of hydrogen-bond acceptors (Lipinski definition) is 4. The average molecular weight is 319 g/mol. The Morgan fingerprint density at radius 3 is 2.67 bits per heavy atom. The third-order valence-electron chi connectivity index (χ3n) is 2.83. The fourth-order valence-electron chi connectivity index (χ4n) is 1.86. The average Bonchev–Trinajstić information content (AvgIpc) is 2.37. The quantitative estimate of drug-likeness (QED) is 0.624. The molecule has 0 radical (unpaired) electrons. The van der Waals surface area contributed by atoms with E-state index in [9.17, 15) is 18.0 Å². The van der Waals surface area contributed by atoms with E-state index >= 15 is 0 Å². The smallest absolute Gasteiger partial charge is 0.417 e. The maximum atomic E-state index is 12.6. The fraction of sp³-hybridized carbons (Fsp3) is 0.308. The van der Waals surface area contributed by atoms with Gasteiger partial charge in [-0.05, 0) is 25.5 Å². The Morgan fingerprint density at radius 2 is 2.10 bits per heavy atom. The first kappa shape index (κ1) is 15.5. The lowest BCUT2D eigenvalue weighted by atomic mass is 10.1. The third kappa shape index (κ3) is 2.92. The van der Waals surface area contributed by atoms with Gasteiger partial charge in [0.25, 0.3) is 0 Å². The maximum absolute atomic E-state index is 12.6. The topological polar surface area (TPSA) is 52.1 Å². The number of pyridine rings is 2. The van der Waals surface area contributed by atoms with Crippen molar-refractivity contribution in [2.24, 2.45) is 0 Å². The molecule has 0 aliphatic carbocycles. The first-order chi connectivity index (χ1) is 9.75. The Kier molecular flexibility index (Phi) is 4.04. The molecule has 0 aromatic carbocycles. The summed E-state index contributed by atoms with van der Waals surface area (Å²) < 4.78 is 42.8. The Hall–Kier alpha value is -1.89. The minimum absolute atomic E-state index is 0.0123. The summed E-state index contributed by atoms with van der Waals surface area (Å²) in [5, 5.41) is -0.209. The number of carbonyl (C=O) groups excluding carboxylic acids is 1. The van der Waals surface area contributed by atoms with E-state index in [4.69, 9.17) is 16.3 Å². The van der Waals surface area contributed by atoms with Crippen LogP contribution in [-0.2, 0) is 10.9 Å². The van der Waals surface area contributed by atoms with Crippen LogP contribution in [0.5, 0.6) is 0 Å². The van der Waals surface area contributed by atoms with Crippen molar-refractivity contribution in [3.63, 3.8) is 0 Å². The van der Waals surface area contributed by atoms with Gasteiger partial charge in [0.2, 0.25) is 0 Å². The van der Waals surface area contributed by atoms with Crippen molar-refractivity contribution in [3.05, 3.63) is 34.1 Å². The summed E-state index contributed by atoms with van der Waals surface area (Å²) in [6.45, 7) is 3.30. The second-order valence-electron chi connectivity index (χ2n) is 4.21. The van der Waals surface area contributed by atoms with Gasteiger partial charge < -0.3 is 4.74 Å². The number of aryl methyl sites for hydroxylation is 1. The second-order valence-corrected chi connectivity index (χ2v) is 4.57. The number of hydrogen-bond donors (Lipinski definition) is 0. The third-order valence-corrected chi connectivity index (χ3v) is 3.10. The van der Waals surface area contributed by atoms with E-state index in [0.29, 0.717) is 11.8 Å². The number of halogens is 4. The minimum atomic E-state index is -4.52. The summed E-state index contributed by atoms with van der Waals surface area (Å²) in [6, 6.07) is 0.843. The van der Waals surface area contributed by atoms with Gasteiger partial charge in [-0.25, -0.2) is 9.78 Å². The van der Waals surface area contributed by atoms with E-state index in [1.807, 2.05) is 0 Å². The number of fused-ring (bicyclic) bond motifs is 1. The van der Waals surface area contributed by atoms with Crippen molar-refractivity contribution in [2.45, 2.75) is 20.0 Å². The highest BCUT2D eigenvalue weighted by Crippen LogP contribution is 2.32. The molecule has 2 aromatic heterocycles. The van der Waals surface area contributed by atoms with Crippen molar-refractivity contribution in [1.29, 1.82) is 0 Å². The van der Waals surface area contributed by atoms with Crippen molar-refractivity contribution >= 4 is 28.6 Å². The van der Waals surface area contributed by atoms with Crippen molar-refractivity contribution in [2.75, 3.05) is 6.61 Å². The molecule has 4 nitrogen and oxygen atoms in total. The number of aromatic nitrogens is 2. The molecule has 8 heteroatoms. The zero-order valence-corrected chi connectivity index (χ0v) is 11.8. The van der Waals surface area contributed by atoms with E-state index in [1.165, 1.54) is 6.92 Å². The van der Waals surface area contributed by atoms with Crippen LogP contribution in [0.2, 0.25) is 5.15 Å². The van der Waals surface area contributed by atoms with Gasteiger partial charge in [-0.2, -0.15) is 13.2 Å². The van der Waals surface area contributed by atoms with E-state index < -0.39 is 17.7 Å². The predicted molar refractivity (Wildman–Crippen MR) is 70.2 cm³/mol. The van der Waals surface area contributed by atoms with Crippen molar-refractivity contribution in [3.8, 4) is 0 Å². The van der Waals surface area contributed by atoms with Gasteiger partial charge in [0.15, 0.2) is 0 Å². The number of carbonyl (C=O) groups is 1. The molecule has 2 rings (SSSR count). The fourth-order valence-corrected chi connectivity index (χ4v) is 2.17. The van der Waals surface area contributed by atoms with Crippen molar-refractivity contribution < 1.29 is 22.7 Å². The van der Waals surface area contributed by atoms with Crippen LogP contribution in [-0.4, -0.2) is 22.5 Å². The van der Waals surface area contributed by atoms with Crippen LogP contribution in [0.1, 0.15) is 28.4 Å². The van der Waals surface area contributed by atoms with Gasteiger partial charge in [0.05, 0.1) is 23.2 Å². The molecule has 112 valence electrons. The molecule has 21 heavy (non-hydrogen) atoms. The molecule has 0 saturated carbocycles. The molecule has 2 heterocycles. The summed E-state index contributed by atoms with van der Waals surface area (Å²) in [5.74, 6) is -0.684. The number of nitrogens with zero attached hydrogens (tertiary/aromatic N) is 2. The number of rotatable bonds is 2. The standard InChI is InChI=1S/C13H10ClF3N2O2/c1-3-21-12(20)9-6(2)10-8(19-11(9)14)4-7(5-18-10)13(15,16)17/h4-5H,3H2,1-2H3. The lowest BCUT2D eigenvalue weighted by molar-refractivity contribution is -0.137. The van der Waals surface area contributed by atoms with Gasteiger partial charge in [0, 0.05) is 6.20 Å². The first-order valence-corrected chi connectivity index (χ1v) is 6.33. The Bertz CT molecular complexity index is 717. The Balaban J connectivity index is 2.66.